The van der Waals surface area contributed by atoms with Crippen LogP contribution < -0.4 is 0 Å². The second-order valence-corrected chi connectivity index (χ2v) is 14.3. The van der Waals surface area contributed by atoms with Crippen LogP contribution in [0.5, 0.6) is 0 Å². The quantitative estimate of drug-likeness (QED) is 0.206. The molecule has 8 rings (SSSR count). The van der Waals surface area contributed by atoms with Crippen LogP contribution in [0.25, 0.3) is 65.5 Å². The molecule has 0 unspecified atom stereocenters. The molecular weight excluding hydrogens is 555 g/mol. The molecule has 0 N–H and O–H groups in total. The van der Waals surface area contributed by atoms with Gasteiger partial charge in [-0.25, -0.2) is 15.0 Å². The first-order valence-corrected chi connectivity index (χ1v) is 16.1. The van der Waals surface area contributed by atoms with Crippen LogP contribution in [0.15, 0.2) is 115 Å². The molecule has 0 aliphatic heterocycles. The first kappa shape index (κ1) is 26.9. The summed E-state index contributed by atoms with van der Waals surface area (Å²) in [5.41, 5.74) is 8.43. The van der Waals surface area contributed by atoms with E-state index in [4.69, 9.17) is 15.0 Å². The van der Waals surface area contributed by atoms with Crippen molar-refractivity contribution < 1.29 is 0 Å². The van der Waals surface area contributed by atoms with Gasteiger partial charge in [0.25, 0.3) is 0 Å². The summed E-state index contributed by atoms with van der Waals surface area (Å²) in [5.74, 6) is 2.07. The summed E-state index contributed by atoms with van der Waals surface area (Å²) in [5, 5.41) is 2.62. The standard InChI is InChI=1S/C40H33N3S/c1-39(2)24-40(3,4)33-23-29(18-20-32(33)39)38-42-36(26-10-6-5-7-11-26)41-37(43-38)27-16-14-25(15-17-27)28-19-21-35-31(22-28)30-12-8-9-13-34(30)44-35/h5-23H,24H2,1-4H3. The monoisotopic (exact) mass is 587 g/mol. The molecule has 4 heteroatoms. The summed E-state index contributed by atoms with van der Waals surface area (Å²) < 4.78 is 2.64. The number of thiophene rings is 1. The zero-order chi connectivity index (χ0) is 30.1. The van der Waals surface area contributed by atoms with Crippen LogP contribution in [-0.2, 0) is 10.8 Å². The molecular formula is C40H33N3S. The molecule has 1 aliphatic carbocycles. The van der Waals surface area contributed by atoms with Crippen LogP contribution >= 0.6 is 11.3 Å². The minimum Gasteiger partial charge on any atom is -0.208 e. The number of aromatic nitrogens is 3. The van der Waals surface area contributed by atoms with Crippen molar-refractivity contribution in [3.05, 3.63) is 126 Å². The van der Waals surface area contributed by atoms with Gasteiger partial charge in [-0.15, -0.1) is 11.3 Å². The second-order valence-electron chi connectivity index (χ2n) is 13.3. The number of nitrogens with zero attached hydrogens (tertiary/aromatic N) is 3. The Morgan fingerprint density at radius 2 is 1.00 bits per heavy atom. The lowest BCUT2D eigenvalue weighted by Gasteiger charge is -2.22. The van der Waals surface area contributed by atoms with E-state index in [2.05, 4.69) is 125 Å². The molecule has 0 radical (unpaired) electrons. The molecule has 0 saturated heterocycles. The lowest BCUT2D eigenvalue weighted by Crippen LogP contribution is -2.17. The van der Waals surface area contributed by atoms with E-state index in [-0.39, 0.29) is 10.8 Å². The largest absolute Gasteiger partial charge is 0.208 e. The zero-order valence-corrected chi connectivity index (χ0v) is 26.2. The Bertz CT molecular complexity index is 2190. The lowest BCUT2D eigenvalue weighted by molar-refractivity contribution is 0.403. The van der Waals surface area contributed by atoms with Gasteiger partial charge < -0.3 is 0 Å². The van der Waals surface area contributed by atoms with Crippen molar-refractivity contribution >= 4 is 31.5 Å². The first-order chi connectivity index (χ1) is 21.2. The fraction of sp³-hybridized carbons (Fsp3) is 0.175. The molecule has 1 aliphatic rings. The van der Waals surface area contributed by atoms with Gasteiger partial charge in [0.2, 0.25) is 0 Å². The van der Waals surface area contributed by atoms with Gasteiger partial charge in [0.15, 0.2) is 17.5 Å². The molecule has 0 spiro atoms. The van der Waals surface area contributed by atoms with E-state index < -0.39 is 0 Å². The van der Waals surface area contributed by atoms with Gasteiger partial charge in [0, 0.05) is 36.9 Å². The topological polar surface area (TPSA) is 38.7 Å². The predicted molar refractivity (Wildman–Crippen MR) is 185 cm³/mol. The Hall–Kier alpha value is -4.67. The highest BCUT2D eigenvalue weighted by Crippen LogP contribution is 2.50. The first-order valence-electron chi connectivity index (χ1n) is 15.2. The third-order valence-electron chi connectivity index (χ3n) is 9.14. The number of hydrogen-bond donors (Lipinski definition) is 0. The highest BCUT2D eigenvalue weighted by atomic mass is 32.1. The third kappa shape index (κ3) is 4.53. The van der Waals surface area contributed by atoms with E-state index in [0.29, 0.717) is 17.5 Å². The van der Waals surface area contributed by atoms with Crippen LogP contribution in [0.2, 0.25) is 0 Å². The van der Waals surface area contributed by atoms with Crippen molar-refractivity contribution in [2.24, 2.45) is 0 Å². The maximum atomic E-state index is 5.06. The van der Waals surface area contributed by atoms with E-state index in [0.717, 1.165) is 23.1 Å². The predicted octanol–water partition coefficient (Wildman–Crippen LogP) is 10.9. The van der Waals surface area contributed by atoms with Crippen molar-refractivity contribution in [1.82, 2.24) is 15.0 Å². The van der Waals surface area contributed by atoms with E-state index in [1.54, 1.807) is 0 Å². The summed E-state index contributed by atoms with van der Waals surface area (Å²) in [7, 11) is 0. The Morgan fingerprint density at radius 3 is 1.75 bits per heavy atom. The SMILES string of the molecule is CC1(C)CC(C)(C)c2cc(-c3nc(-c4ccccc4)nc(-c4ccc(-c5ccc6sc7ccccc7c6c5)cc4)n3)ccc21. The van der Waals surface area contributed by atoms with E-state index in [9.17, 15) is 0 Å². The third-order valence-corrected chi connectivity index (χ3v) is 10.3. The normalized spacial score (nSPS) is 15.1. The van der Waals surface area contributed by atoms with Crippen molar-refractivity contribution in [3.63, 3.8) is 0 Å². The second kappa shape index (κ2) is 9.93. The molecule has 0 fully saturated rings. The molecule has 0 bridgehead atoms. The van der Waals surface area contributed by atoms with Crippen molar-refractivity contribution in [2.75, 3.05) is 0 Å². The zero-order valence-electron chi connectivity index (χ0n) is 25.4. The van der Waals surface area contributed by atoms with Gasteiger partial charge in [-0.3, -0.25) is 0 Å². The average molecular weight is 588 g/mol. The molecule has 0 atom stereocenters. The van der Waals surface area contributed by atoms with Crippen LogP contribution in [0.4, 0.5) is 0 Å². The van der Waals surface area contributed by atoms with Gasteiger partial charge in [-0.05, 0) is 63.8 Å². The molecule has 2 heterocycles. The number of benzene rings is 5. The molecule has 0 amide bonds. The van der Waals surface area contributed by atoms with Gasteiger partial charge in [-0.2, -0.15) is 0 Å². The van der Waals surface area contributed by atoms with E-state index in [1.165, 1.54) is 42.4 Å². The Labute approximate surface area is 262 Å². The minimum absolute atomic E-state index is 0.0983. The summed E-state index contributed by atoms with van der Waals surface area (Å²) in [4.78, 5) is 15.0. The minimum atomic E-state index is 0.0983. The van der Waals surface area contributed by atoms with Crippen LogP contribution in [0.3, 0.4) is 0 Å². The van der Waals surface area contributed by atoms with Crippen LogP contribution in [0.1, 0.15) is 45.2 Å². The van der Waals surface area contributed by atoms with Gasteiger partial charge in [0.1, 0.15) is 0 Å². The number of rotatable bonds is 4. The maximum absolute atomic E-state index is 5.06. The fourth-order valence-corrected chi connectivity index (χ4v) is 8.28. The maximum Gasteiger partial charge on any atom is 0.164 e. The Kier molecular flexibility index (Phi) is 6.08. The molecule has 0 saturated carbocycles. The molecule has 44 heavy (non-hydrogen) atoms. The summed E-state index contributed by atoms with van der Waals surface area (Å²) >= 11 is 1.85. The average Bonchev–Trinajstić information content (AvgIpc) is 3.51. The Balaban J connectivity index is 1.21. The molecule has 2 aromatic heterocycles. The summed E-state index contributed by atoms with van der Waals surface area (Å²) in [6.45, 7) is 9.38. The van der Waals surface area contributed by atoms with Crippen molar-refractivity contribution in [1.29, 1.82) is 0 Å². The Morgan fingerprint density at radius 1 is 0.455 bits per heavy atom. The lowest BCUT2D eigenvalue weighted by atomic mass is 9.82. The van der Waals surface area contributed by atoms with Crippen LogP contribution in [-0.4, -0.2) is 15.0 Å². The number of fused-ring (bicyclic) bond motifs is 4. The highest BCUT2D eigenvalue weighted by molar-refractivity contribution is 7.25. The number of hydrogen-bond acceptors (Lipinski definition) is 4. The summed E-state index contributed by atoms with van der Waals surface area (Å²) in [6.07, 6.45) is 1.12. The molecule has 3 nitrogen and oxygen atoms in total. The van der Waals surface area contributed by atoms with Crippen molar-refractivity contribution in [2.45, 2.75) is 44.9 Å². The molecule has 214 valence electrons. The van der Waals surface area contributed by atoms with Gasteiger partial charge in [-0.1, -0.05) is 119 Å². The van der Waals surface area contributed by atoms with E-state index in [1.807, 2.05) is 29.5 Å². The van der Waals surface area contributed by atoms with Crippen molar-refractivity contribution in [3.8, 4) is 45.3 Å². The molecule has 5 aromatic carbocycles. The fourth-order valence-electron chi connectivity index (χ4n) is 7.20. The molecule has 7 aromatic rings. The van der Waals surface area contributed by atoms with Gasteiger partial charge in [0.05, 0.1) is 0 Å². The smallest absolute Gasteiger partial charge is 0.164 e. The highest BCUT2D eigenvalue weighted by Gasteiger charge is 2.41. The van der Waals surface area contributed by atoms with Gasteiger partial charge >= 0.3 is 0 Å². The van der Waals surface area contributed by atoms with Crippen LogP contribution in [0, 0.1) is 0 Å². The summed E-state index contributed by atoms with van der Waals surface area (Å²) in [6, 6.07) is 41.0. The van der Waals surface area contributed by atoms with E-state index >= 15 is 0 Å².